The topological polar surface area (TPSA) is 106 Å². The first-order valence-electron chi connectivity index (χ1n) is 8.78. The van der Waals surface area contributed by atoms with Gasteiger partial charge < -0.3 is 29.4 Å². The smallest absolute Gasteiger partial charge is 0.340 e. The molecule has 0 aromatic heterocycles. The van der Waals surface area contributed by atoms with E-state index >= 15 is 0 Å². The Kier molecular flexibility index (Phi) is 5.48. The molecule has 8 nitrogen and oxygen atoms in total. The Morgan fingerprint density at radius 3 is 2.29 bits per heavy atom. The average molecular weight is 389 g/mol. The summed E-state index contributed by atoms with van der Waals surface area (Å²) in [4.78, 5) is 25.4. The van der Waals surface area contributed by atoms with Gasteiger partial charge in [-0.3, -0.25) is 4.79 Å². The summed E-state index contributed by atoms with van der Waals surface area (Å²) in [5.41, 5.74) is 7.06. The lowest BCUT2D eigenvalue weighted by Gasteiger charge is -2.33. The van der Waals surface area contributed by atoms with E-state index in [1.165, 1.54) is 28.4 Å². The highest BCUT2D eigenvalue weighted by Gasteiger charge is 2.42. The first kappa shape index (κ1) is 19.6. The van der Waals surface area contributed by atoms with Gasteiger partial charge in [0.05, 0.1) is 34.4 Å². The van der Waals surface area contributed by atoms with Crippen molar-refractivity contribution < 1.29 is 33.3 Å². The maximum absolute atomic E-state index is 12.8. The Morgan fingerprint density at radius 2 is 1.68 bits per heavy atom. The standard InChI is InChI=1S/C20H23NO7/c1-24-13-9-15(26-3)14(25-2)8-10(13)16-17-11(22)6-5-7-12(17)28-19(21)18(16)20(23)27-4/h8-9,16H,5-7,21H2,1-4H3. The fourth-order valence-electron chi connectivity index (χ4n) is 3.65. The fraction of sp³-hybridized carbons (Fsp3) is 0.400. The van der Waals surface area contributed by atoms with Gasteiger partial charge in [-0.2, -0.15) is 0 Å². The number of esters is 1. The molecule has 2 N–H and O–H groups in total. The van der Waals surface area contributed by atoms with E-state index in [0.717, 1.165) is 0 Å². The first-order valence-corrected chi connectivity index (χ1v) is 8.78. The molecule has 0 saturated heterocycles. The molecule has 1 aliphatic carbocycles. The zero-order valence-corrected chi connectivity index (χ0v) is 16.3. The number of rotatable bonds is 5. The molecule has 1 aliphatic heterocycles. The number of methoxy groups -OCH3 is 4. The number of carbonyl (C=O) groups excluding carboxylic acids is 2. The predicted octanol–water partition coefficient (Wildman–Crippen LogP) is 2.18. The zero-order valence-electron chi connectivity index (χ0n) is 16.3. The zero-order chi connectivity index (χ0) is 20.4. The second-order valence-electron chi connectivity index (χ2n) is 6.37. The minimum absolute atomic E-state index is 0.0574. The molecule has 0 spiro atoms. The molecule has 2 aliphatic rings. The molecular formula is C20H23NO7. The Hall–Kier alpha value is -3.16. The highest BCUT2D eigenvalue weighted by atomic mass is 16.5. The molecule has 1 atom stereocenters. The second-order valence-corrected chi connectivity index (χ2v) is 6.37. The number of ether oxygens (including phenoxy) is 5. The molecule has 3 rings (SSSR count). The van der Waals surface area contributed by atoms with Crippen LogP contribution in [0.25, 0.3) is 0 Å². The van der Waals surface area contributed by atoms with Gasteiger partial charge in [0.1, 0.15) is 17.1 Å². The van der Waals surface area contributed by atoms with Gasteiger partial charge in [0.2, 0.25) is 5.88 Å². The van der Waals surface area contributed by atoms with Crippen LogP contribution < -0.4 is 19.9 Å². The van der Waals surface area contributed by atoms with Crippen molar-refractivity contribution in [2.45, 2.75) is 25.2 Å². The maximum Gasteiger partial charge on any atom is 0.340 e. The Labute approximate surface area is 162 Å². The number of Topliss-reactive ketones (excluding diaryl/α,β-unsaturated/α-hetero) is 1. The molecule has 8 heteroatoms. The molecule has 1 aromatic carbocycles. The number of ketones is 1. The van der Waals surface area contributed by atoms with E-state index in [9.17, 15) is 9.59 Å². The van der Waals surface area contributed by atoms with Crippen LogP contribution in [0.1, 0.15) is 30.7 Å². The molecule has 28 heavy (non-hydrogen) atoms. The number of hydrogen-bond donors (Lipinski definition) is 1. The summed E-state index contributed by atoms with van der Waals surface area (Å²) in [6.07, 6.45) is 1.58. The van der Waals surface area contributed by atoms with Gasteiger partial charge in [-0.25, -0.2) is 4.79 Å². The van der Waals surface area contributed by atoms with Crippen LogP contribution in [0, 0.1) is 0 Å². The lowest BCUT2D eigenvalue weighted by atomic mass is 9.77. The summed E-state index contributed by atoms with van der Waals surface area (Å²) in [6, 6.07) is 3.32. The summed E-state index contributed by atoms with van der Waals surface area (Å²) >= 11 is 0. The van der Waals surface area contributed by atoms with Crippen LogP contribution >= 0.6 is 0 Å². The van der Waals surface area contributed by atoms with Crippen molar-refractivity contribution in [1.29, 1.82) is 0 Å². The highest BCUT2D eigenvalue weighted by molar-refractivity contribution is 6.03. The second kappa shape index (κ2) is 7.84. The summed E-state index contributed by atoms with van der Waals surface area (Å²) in [5.74, 6) is 0.128. The van der Waals surface area contributed by atoms with Crippen LogP contribution in [-0.4, -0.2) is 40.2 Å². The molecular weight excluding hydrogens is 366 g/mol. The number of nitrogens with two attached hydrogens (primary N) is 1. The van der Waals surface area contributed by atoms with E-state index in [1.54, 1.807) is 12.1 Å². The SMILES string of the molecule is COC(=O)C1=C(N)OC2=C(C(=O)CCC2)C1c1cc(OC)c(OC)cc1OC. The van der Waals surface area contributed by atoms with Gasteiger partial charge in [-0.05, 0) is 12.5 Å². The van der Waals surface area contributed by atoms with Crippen molar-refractivity contribution in [2.75, 3.05) is 28.4 Å². The lowest BCUT2D eigenvalue weighted by Crippen LogP contribution is -2.31. The van der Waals surface area contributed by atoms with Crippen LogP contribution in [0.3, 0.4) is 0 Å². The van der Waals surface area contributed by atoms with Crippen LogP contribution in [-0.2, 0) is 19.1 Å². The van der Waals surface area contributed by atoms with Gasteiger partial charge in [0, 0.05) is 30.0 Å². The minimum Gasteiger partial charge on any atom is -0.496 e. The molecule has 0 amide bonds. The highest BCUT2D eigenvalue weighted by Crippen LogP contribution is 2.48. The quantitative estimate of drug-likeness (QED) is 0.764. The third-order valence-electron chi connectivity index (χ3n) is 4.94. The van der Waals surface area contributed by atoms with E-state index in [1.807, 2.05) is 0 Å². The molecule has 1 unspecified atom stereocenters. The maximum atomic E-state index is 12.8. The summed E-state index contributed by atoms with van der Waals surface area (Å²) in [7, 11) is 5.75. The van der Waals surface area contributed by atoms with Crippen molar-refractivity contribution >= 4 is 11.8 Å². The van der Waals surface area contributed by atoms with Crippen molar-refractivity contribution in [3.05, 3.63) is 40.5 Å². The van der Waals surface area contributed by atoms with Crippen molar-refractivity contribution in [1.82, 2.24) is 0 Å². The Bertz CT molecular complexity index is 885. The minimum atomic E-state index is -0.793. The number of benzene rings is 1. The third-order valence-corrected chi connectivity index (χ3v) is 4.94. The third kappa shape index (κ3) is 3.15. The van der Waals surface area contributed by atoms with Crippen LogP contribution in [0.15, 0.2) is 34.9 Å². The van der Waals surface area contributed by atoms with E-state index in [0.29, 0.717) is 53.4 Å². The van der Waals surface area contributed by atoms with Gasteiger partial charge >= 0.3 is 5.97 Å². The van der Waals surface area contributed by atoms with E-state index in [-0.39, 0.29) is 17.2 Å². The van der Waals surface area contributed by atoms with Crippen molar-refractivity contribution in [3.8, 4) is 17.2 Å². The molecule has 0 saturated carbocycles. The average Bonchev–Trinajstić information content (AvgIpc) is 2.71. The van der Waals surface area contributed by atoms with Crippen molar-refractivity contribution in [2.24, 2.45) is 5.73 Å². The Morgan fingerprint density at radius 1 is 1.04 bits per heavy atom. The van der Waals surface area contributed by atoms with E-state index < -0.39 is 11.9 Å². The van der Waals surface area contributed by atoms with Gasteiger partial charge in [-0.1, -0.05) is 0 Å². The predicted molar refractivity (Wildman–Crippen MR) is 99.0 cm³/mol. The number of allylic oxidation sites excluding steroid dienone is 2. The molecule has 1 heterocycles. The van der Waals surface area contributed by atoms with Gasteiger partial charge in [0.25, 0.3) is 0 Å². The number of carbonyl (C=O) groups is 2. The lowest BCUT2D eigenvalue weighted by molar-refractivity contribution is -0.136. The summed E-state index contributed by atoms with van der Waals surface area (Å²) < 4.78 is 26.8. The van der Waals surface area contributed by atoms with Gasteiger partial charge in [0.15, 0.2) is 17.3 Å². The molecule has 0 fully saturated rings. The van der Waals surface area contributed by atoms with Crippen LogP contribution in [0.5, 0.6) is 17.2 Å². The van der Waals surface area contributed by atoms with Gasteiger partial charge in [-0.15, -0.1) is 0 Å². The fourth-order valence-corrected chi connectivity index (χ4v) is 3.65. The van der Waals surface area contributed by atoms with Crippen LogP contribution in [0.2, 0.25) is 0 Å². The normalized spacial score (nSPS) is 19.0. The first-order chi connectivity index (χ1) is 13.5. The monoisotopic (exact) mass is 389 g/mol. The molecule has 0 radical (unpaired) electrons. The summed E-state index contributed by atoms with van der Waals surface area (Å²) in [6.45, 7) is 0. The molecule has 150 valence electrons. The van der Waals surface area contributed by atoms with E-state index in [4.69, 9.17) is 29.4 Å². The number of hydrogen-bond acceptors (Lipinski definition) is 8. The Balaban J connectivity index is 2.30. The van der Waals surface area contributed by atoms with Crippen molar-refractivity contribution in [3.63, 3.8) is 0 Å². The van der Waals surface area contributed by atoms with Crippen LogP contribution in [0.4, 0.5) is 0 Å². The largest absolute Gasteiger partial charge is 0.496 e. The van der Waals surface area contributed by atoms with E-state index in [2.05, 4.69) is 0 Å². The summed E-state index contributed by atoms with van der Waals surface area (Å²) in [5, 5.41) is 0. The molecule has 0 bridgehead atoms. The molecule has 1 aromatic rings.